The molecule has 4 aromatic rings. The zero-order valence-electron chi connectivity index (χ0n) is 19.7. The van der Waals surface area contributed by atoms with Crippen molar-refractivity contribution < 1.29 is 14.3 Å². The molecule has 1 atom stereocenters. The number of nitrogens with zero attached hydrogens (tertiary/aromatic N) is 1. The van der Waals surface area contributed by atoms with Crippen LogP contribution in [-0.4, -0.2) is 35.0 Å². The summed E-state index contributed by atoms with van der Waals surface area (Å²) in [5, 5.41) is 12.1. The number of carboxylic acids is 1. The molecule has 0 aliphatic rings. The number of carbonyl (C=O) groups is 1. The summed E-state index contributed by atoms with van der Waals surface area (Å²) >= 11 is 5.52. The number of carboxylic acid groups (broad SMARTS) is 1. The lowest BCUT2D eigenvalue weighted by atomic mass is 10.2. The predicted octanol–water partition coefficient (Wildman–Crippen LogP) is 5.12. The summed E-state index contributed by atoms with van der Waals surface area (Å²) in [6.07, 6.45) is -0.683. The maximum absolute atomic E-state index is 12.5. The maximum Gasteiger partial charge on any atom is 0.331 e. The zero-order chi connectivity index (χ0) is 24.3. The predicted molar refractivity (Wildman–Crippen MR) is 142 cm³/mol. The molecule has 0 unspecified atom stereocenters. The molecule has 3 aromatic carbocycles. The molecule has 1 aromatic heterocycles. The molecule has 0 spiro atoms. The van der Waals surface area contributed by atoms with Gasteiger partial charge in [0, 0.05) is 13.0 Å². The van der Waals surface area contributed by atoms with Crippen LogP contribution in [0.25, 0.3) is 11.0 Å². The van der Waals surface area contributed by atoms with Gasteiger partial charge in [-0.2, -0.15) is 0 Å². The fourth-order valence-electron chi connectivity index (χ4n) is 4.71. The second-order valence-corrected chi connectivity index (χ2v) is 14.1. The van der Waals surface area contributed by atoms with E-state index >= 15 is 0 Å². The number of aromatic nitrogens is 2. The number of rotatable bonds is 8. The lowest BCUT2D eigenvalue weighted by molar-refractivity contribution is -0.145. The Labute approximate surface area is 206 Å². The minimum atomic E-state index is -2.99. The fourth-order valence-corrected chi connectivity index (χ4v) is 9.67. The molecule has 4 rings (SSSR count). The van der Waals surface area contributed by atoms with E-state index in [1.807, 2.05) is 65.2 Å². The Morgan fingerprint density at radius 1 is 0.971 bits per heavy atom. The van der Waals surface area contributed by atoms with Gasteiger partial charge in [-0.15, -0.1) is 0 Å². The molecular weight excluding hydrogens is 460 g/mol. The molecule has 5 nitrogen and oxygen atoms in total. The van der Waals surface area contributed by atoms with E-state index in [1.165, 1.54) is 0 Å². The summed E-state index contributed by atoms with van der Waals surface area (Å²) < 4.78 is 9.40. The average Bonchev–Trinajstić information content (AvgIpc) is 3.14. The molecule has 0 aliphatic heterocycles. The van der Waals surface area contributed by atoms with Crippen LogP contribution in [0.1, 0.15) is 27.2 Å². The largest absolute Gasteiger partial charge is 0.479 e. The van der Waals surface area contributed by atoms with Crippen molar-refractivity contribution in [1.82, 2.24) is 9.55 Å². The summed E-state index contributed by atoms with van der Waals surface area (Å²) in [6, 6.07) is 28.1. The smallest absolute Gasteiger partial charge is 0.331 e. The van der Waals surface area contributed by atoms with Crippen LogP contribution >= 0.6 is 12.2 Å². The Morgan fingerprint density at radius 3 is 2.03 bits per heavy atom. The first-order chi connectivity index (χ1) is 16.2. The minimum Gasteiger partial charge on any atom is -0.479 e. The molecule has 0 saturated carbocycles. The van der Waals surface area contributed by atoms with Crippen molar-refractivity contribution in [3.63, 3.8) is 0 Å². The highest BCUT2D eigenvalue weighted by Gasteiger charge is 2.52. The number of benzene rings is 3. The Kier molecular flexibility index (Phi) is 6.88. The van der Waals surface area contributed by atoms with Gasteiger partial charge in [-0.25, -0.2) is 4.79 Å². The van der Waals surface area contributed by atoms with Gasteiger partial charge in [0.25, 0.3) is 8.32 Å². The molecule has 0 amide bonds. The number of hydrogen-bond donors (Lipinski definition) is 2. The number of imidazole rings is 1. The molecule has 0 fully saturated rings. The molecule has 34 heavy (non-hydrogen) atoms. The van der Waals surface area contributed by atoms with Crippen LogP contribution in [0.3, 0.4) is 0 Å². The van der Waals surface area contributed by atoms with Crippen LogP contribution in [0, 0.1) is 4.77 Å². The van der Waals surface area contributed by atoms with Crippen LogP contribution in [0.4, 0.5) is 0 Å². The van der Waals surface area contributed by atoms with E-state index in [0.717, 1.165) is 21.4 Å². The van der Waals surface area contributed by atoms with E-state index in [-0.39, 0.29) is 5.04 Å². The summed E-state index contributed by atoms with van der Waals surface area (Å²) in [5.74, 6) is -0.959. The maximum atomic E-state index is 12.5. The first kappa shape index (κ1) is 24.1. The van der Waals surface area contributed by atoms with Crippen LogP contribution in [0.15, 0.2) is 84.9 Å². The number of aliphatic carboxylic acids is 1. The molecule has 176 valence electrons. The van der Waals surface area contributed by atoms with Gasteiger partial charge in [-0.1, -0.05) is 93.6 Å². The SMILES string of the molecule is CC(C)(C)[Si](O[C@@H](CCn1c(=S)[nH]c2ccccc21)C(=O)O)(c1ccccc1)c1ccccc1. The molecule has 2 N–H and O–H groups in total. The number of aromatic amines is 1. The number of aryl methyl sites for hydroxylation is 1. The van der Waals surface area contributed by atoms with Crippen LogP contribution in [0.2, 0.25) is 5.04 Å². The monoisotopic (exact) mass is 490 g/mol. The standard InChI is InChI=1S/C27H30N2O3SSi/c1-27(2,3)34(20-12-6-4-7-13-20,21-14-8-5-9-15-21)32-24(25(30)31)18-19-29-23-17-11-10-16-22(23)28-26(29)33/h4-17,24H,18-19H2,1-3H3,(H,28,33)(H,30,31)/t24-/m0/s1. The van der Waals surface area contributed by atoms with Gasteiger partial charge in [-0.3, -0.25) is 0 Å². The van der Waals surface area contributed by atoms with Crippen molar-refractivity contribution in [2.24, 2.45) is 0 Å². The van der Waals surface area contributed by atoms with E-state index in [4.69, 9.17) is 16.6 Å². The third-order valence-corrected chi connectivity index (χ3v) is 11.7. The van der Waals surface area contributed by atoms with Gasteiger partial charge >= 0.3 is 5.97 Å². The summed E-state index contributed by atoms with van der Waals surface area (Å²) in [6.45, 7) is 6.88. The summed E-state index contributed by atoms with van der Waals surface area (Å²) in [5.41, 5.74) is 1.90. The van der Waals surface area contributed by atoms with E-state index < -0.39 is 20.4 Å². The second-order valence-electron chi connectivity index (χ2n) is 9.50. The van der Waals surface area contributed by atoms with Gasteiger partial charge in [0.2, 0.25) is 0 Å². The van der Waals surface area contributed by atoms with Gasteiger partial charge in [0.05, 0.1) is 11.0 Å². The average molecular weight is 491 g/mol. The molecule has 7 heteroatoms. The Hall–Kier alpha value is -3.00. The van der Waals surface area contributed by atoms with E-state index in [0.29, 0.717) is 17.7 Å². The number of H-pyrrole nitrogens is 1. The number of nitrogens with one attached hydrogen (secondary N) is 1. The van der Waals surface area contributed by atoms with Crippen molar-refractivity contribution >= 4 is 47.9 Å². The lowest BCUT2D eigenvalue weighted by Gasteiger charge is -2.44. The molecule has 0 bridgehead atoms. The molecule has 0 aliphatic carbocycles. The van der Waals surface area contributed by atoms with Gasteiger partial charge in [0.15, 0.2) is 4.77 Å². The summed E-state index contributed by atoms with van der Waals surface area (Å²) in [7, 11) is -2.99. The zero-order valence-corrected chi connectivity index (χ0v) is 21.5. The highest BCUT2D eigenvalue weighted by molar-refractivity contribution is 7.71. The molecular formula is C27H30N2O3SSi. The normalized spacial score (nSPS) is 13.1. The molecule has 0 radical (unpaired) electrons. The Bertz CT molecular complexity index is 1290. The highest BCUT2D eigenvalue weighted by atomic mass is 32.1. The van der Waals surface area contributed by atoms with Crippen LogP contribution < -0.4 is 10.4 Å². The van der Waals surface area contributed by atoms with E-state index in [1.54, 1.807) is 0 Å². The Morgan fingerprint density at radius 2 is 1.50 bits per heavy atom. The highest BCUT2D eigenvalue weighted by Crippen LogP contribution is 2.38. The van der Waals surface area contributed by atoms with Crippen LogP contribution in [-0.2, 0) is 15.8 Å². The van der Waals surface area contributed by atoms with Crippen molar-refractivity contribution in [2.75, 3.05) is 0 Å². The summed E-state index contributed by atoms with van der Waals surface area (Å²) in [4.78, 5) is 15.7. The van der Waals surface area contributed by atoms with Crippen molar-refractivity contribution in [1.29, 1.82) is 0 Å². The van der Waals surface area contributed by atoms with E-state index in [2.05, 4.69) is 50.0 Å². The number of para-hydroxylation sites is 2. The van der Waals surface area contributed by atoms with Crippen molar-refractivity contribution in [2.45, 2.75) is 44.9 Å². The van der Waals surface area contributed by atoms with Crippen LogP contribution in [0.5, 0.6) is 0 Å². The molecule has 1 heterocycles. The first-order valence-electron chi connectivity index (χ1n) is 11.4. The topological polar surface area (TPSA) is 67.2 Å². The van der Waals surface area contributed by atoms with E-state index in [9.17, 15) is 9.90 Å². The third-order valence-electron chi connectivity index (χ3n) is 6.31. The first-order valence-corrected chi connectivity index (χ1v) is 13.7. The van der Waals surface area contributed by atoms with Crippen molar-refractivity contribution in [3.8, 4) is 0 Å². The van der Waals surface area contributed by atoms with Gasteiger partial charge in [0.1, 0.15) is 6.10 Å². The Balaban J connectivity index is 1.76. The lowest BCUT2D eigenvalue weighted by Crippen LogP contribution is -2.68. The quantitative estimate of drug-likeness (QED) is 0.266. The van der Waals surface area contributed by atoms with Crippen molar-refractivity contribution in [3.05, 3.63) is 89.7 Å². The third kappa shape index (κ3) is 4.51. The van der Waals surface area contributed by atoms with Gasteiger partial charge in [-0.05, 0) is 39.8 Å². The minimum absolute atomic E-state index is 0.302. The fraction of sp³-hybridized carbons (Fsp3) is 0.259. The molecule has 0 saturated heterocycles. The second kappa shape index (κ2) is 9.70. The number of hydrogen-bond acceptors (Lipinski definition) is 3. The van der Waals surface area contributed by atoms with Gasteiger partial charge < -0.3 is 19.1 Å². The number of fused-ring (bicyclic) bond motifs is 1.